The number of nitrogens with two attached hydrogens (primary N) is 1. The lowest BCUT2D eigenvalue weighted by Crippen LogP contribution is -2.01. The Kier molecular flexibility index (Phi) is 2.03. The van der Waals surface area contributed by atoms with E-state index in [-0.39, 0.29) is 0 Å². The predicted octanol–water partition coefficient (Wildman–Crippen LogP) is 1.80. The molecule has 0 unspecified atom stereocenters. The first-order chi connectivity index (χ1) is 5.81. The van der Waals surface area contributed by atoms with E-state index in [0.29, 0.717) is 17.0 Å². The number of nitrogens with zero attached hydrogens (tertiary/aromatic N) is 1. The third-order valence-electron chi connectivity index (χ3n) is 2.40. The number of rotatable bonds is 2. The number of aromatic nitrogens is 1. The van der Waals surface area contributed by atoms with E-state index in [9.17, 15) is 0 Å². The average molecular weight is 183 g/mol. The van der Waals surface area contributed by atoms with Gasteiger partial charge in [-0.1, -0.05) is 17.7 Å². The van der Waals surface area contributed by atoms with Crippen LogP contribution in [0.25, 0.3) is 0 Å². The number of hydrogen-bond acceptors (Lipinski definition) is 2. The fourth-order valence-corrected chi connectivity index (χ4v) is 1.63. The summed E-state index contributed by atoms with van der Waals surface area (Å²) >= 11 is 5.67. The van der Waals surface area contributed by atoms with Crippen LogP contribution < -0.4 is 5.73 Å². The summed E-state index contributed by atoms with van der Waals surface area (Å²) in [4.78, 5) is 4.03. The molecule has 1 aromatic heterocycles. The molecule has 1 aliphatic rings. The van der Waals surface area contributed by atoms with Gasteiger partial charge in [0.15, 0.2) is 0 Å². The van der Waals surface area contributed by atoms with Crippen molar-refractivity contribution in [2.24, 2.45) is 11.7 Å². The van der Waals surface area contributed by atoms with Gasteiger partial charge in [0.05, 0.1) is 0 Å². The van der Waals surface area contributed by atoms with Crippen molar-refractivity contribution in [3.8, 4) is 0 Å². The predicted molar refractivity (Wildman–Crippen MR) is 49.1 cm³/mol. The van der Waals surface area contributed by atoms with Gasteiger partial charge >= 0.3 is 0 Å². The summed E-state index contributed by atoms with van der Waals surface area (Å²) in [6, 6.07) is 3.87. The van der Waals surface area contributed by atoms with Crippen LogP contribution in [0, 0.1) is 5.92 Å². The van der Waals surface area contributed by atoms with E-state index in [0.717, 1.165) is 6.54 Å². The molecule has 3 heteroatoms. The topological polar surface area (TPSA) is 38.9 Å². The van der Waals surface area contributed by atoms with E-state index < -0.39 is 0 Å². The van der Waals surface area contributed by atoms with Crippen molar-refractivity contribution in [1.29, 1.82) is 0 Å². The van der Waals surface area contributed by atoms with E-state index in [1.165, 1.54) is 12.0 Å². The molecule has 1 saturated carbocycles. The fourth-order valence-electron chi connectivity index (χ4n) is 1.52. The highest BCUT2D eigenvalue weighted by atomic mass is 35.5. The second-order valence-electron chi connectivity index (χ2n) is 3.25. The summed E-state index contributed by atoms with van der Waals surface area (Å²) in [6.07, 6.45) is 3.06. The van der Waals surface area contributed by atoms with Crippen LogP contribution in [0.4, 0.5) is 0 Å². The van der Waals surface area contributed by atoms with Gasteiger partial charge in [-0.05, 0) is 36.4 Å². The minimum absolute atomic E-state index is 0.559. The van der Waals surface area contributed by atoms with E-state index in [1.54, 1.807) is 0 Å². The zero-order chi connectivity index (χ0) is 8.55. The highest BCUT2D eigenvalue weighted by Crippen LogP contribution is 2.46. The van der Waals surface area contributed by atoms with Gasteiger partial charge in [0, 0.05) is 6.20 Å². The second kappa shape index (κ2) is 3.04. The molecule has 0 spiro atoms. The summed E-state index contributed by atoms with van der Waals surface area (Å²) in [5.41, 5.74) is 6.82. The fraction of sp³-hybridized carbons (Fsp3) is 0.444. The Morgan fingerprint density at radius 1 is 1.58 bits per heavy atom. The van der Waals surface area contributed by atoms with Crippen LogP contribution in [-0.4, -0.2) is 11.5 Å². The Bertz CT molecular complexity index is 270. The minimum atomic E-state index is 0.559. The highest BCUT2D eigenvalue weighted by Gasteiger charge is 2.36. The van der Waals surface area contributed by atoms with Crippen LogP contribution in [-0.2, 0) is 0 Å². The van der Waals surface area contributed by atoms with Gasteiger partial charge in [0.2, 0.25) is 0 Å². The van der Waals surface area contributed by atoms with E-state index in [1.807, 2.05) is 18.3 Å². The van der Waals surface area contributed by atoms with Crippen LogP contribution in [0.5, 0.6) is 0 Å². The molecule has 1 heterocycles. The Hall–Kier alpha value is -0.600. The van der Waals surface area contributed by atoms with Crippen molar-refractivity contribution in [3.05, 3.63) is 29.0 Å². The van der Waals surface area contributed by atoms with Crippen LogP contribution in [0.3, 0.4) is 0 Å². The van der Waals surface area contributed by atoms with Crippen molar-refractivity contribution in [2.75, 3.05) is 6.54 Å². The normalized spacial score (nSPS) is 27.2. The molecule has 2 rings (SSSR count). The molecule has 2 atom stereocenters. The lowest BCUT2D eigenvalue weighted by molar-refractivity contribution is 0.808. The van der Waals surface area contributed by atoms with Crippen molar-refractivity contribution in [2.45, 2.75) is 12.3 Å². The zero-order valence-electron chi connectivity index (χ0n) is 6.70. The first kappa shape index (κ1) is 8.02. The summed E-state index contributed by atoms with van der Waals surface area (Å²) < 4.78 is 0. The molecular weight excluding hydrogens is 172 g/mol. The van der Waals surface area contributed by atoms with Gasteiger partial charge < -0.3 is 5.73 Å². The minimum Gasteiger partial charge on any atom is -0.330 e. The summed E-state index contributed by atoms with van der Waals surface area (Å²) in [7, 11) is 0. The molecule has 1 aromatic rings. The Morgan fingerprint density at radius 3 is 2.92 bits per heavy atom. The monoisotopic (exact) mass is 182 g/mol. The molecule has 0 bridgehead atoms. The lowest BCUT2D eigenvalue weighted by Gasteiger charge is -1.97. The molecule has 1 aliphatic carbocycles. The first-order valence-corrected chi connectivity index (χ1v) is 4.50. The quantitative estimate of drug-likeness (QED) is 0.709. The molecule has 0 aromatic carbocycles. The molecule has 0 aliphatic heterocycles. The molecule has 0 radical (unpaired) electrons. The van der Waals surface area contributed by atoms with Crippen LogP contribution in [0.1, 0.15) is 17.9 Å². The summed E-state index contributed by atoms with van der Waals surface area (Å²) in [6.45, 7) is 0.785. The molecule has 64 valence electrons. The third kappa shape index (κ3) is 1.45. The number of pyridine rings is 1. The Morgan fingerprint density at radius 2 is 2.42 bits per heavy atom. The molecule has 2 nitrogen and oxygen atoms in total. The van der Waals surface area contributed by atoms with Gasteiger partial charge in [-0.3, -0.25) is 0 Å². The van der Waals surface area contributed by atoms with E-state index >= 15 is 0 Å². The smallest absolute Gasteiger partial charge is 0.129 e. The highest BCUT2D eigenvalue weighted by molar-refractivity contribution is 6.29. The Labute approximate surface area is 76.7 Å². The molecule has 2 N–H and O–H groups in total. The van der Waals surface area contributed by atoms with Crippen molar-refractivity contribution >= 4 is 11.6 Å². The largest absolute Gasteiger partial charge is 0.330 e. The standard InChI is InChI=1S/C9H11ClN2/c10-9-2-1-6(5-12-9)8-3-7(8)4-11/h1-2,5,7-8H,3-4,11H2/t7-,8-/m0/s1. The Balaban J connectivity index is 2.10. The van der Waals surface area contributed by atoms with Crippen LogP contribution in [0.15, 0.2) is 18.3 Å². The molecular formula is C9H11ClN2. The number of halogens is 1. The molecule has 1 fully saturated rings. The average Bonchev–Trinajstić information content (AvgIpc) is 2.85. The SMILES string of the molecule is NC[C@@H]1C[C@H]1c1ccc(Cl)nc1. The lowest BCUT2D eigenvalue weighted by atomic mass is 10.1. The van der Waals surface area contributed by atoms with E-state index in [2.05, 4.69) is 4.98 Å². The first-order valence-electron chi connectivity index (χ1n) is 4.13. The number of hydrogen-bond donors (Lipinski definition) is 1. The summed E-state index contributed by atoms with van der Waals surface area (Å²) in [5, 5.41) is 0.559. The van der Waals surface area contributed by atoms with E-state index in [4.69, 9.17) is 17.3 Å². The molecule has 0 saturated heterocycles. The van der Waals surface area contributed by atoms with Gasteiger partial charge in [-0.2, -0.15) is 0 Å². The maximum atomic E-state index is 5.67. The van der Waals surface area contributed by atoms with Crippen molar-refractivity contribution in [3.63, 3.8) is 0 Å². The van der Waals surface area contributed by atoms with Crippen molar-refractivity contribution < 1.29 is 0 Å². The second-order valence-corrected chi connectivity index (χ2v) is 3.64. The zero-order valence-corrected chi connectivity index (χ0v) is 7.46. The van der Waals surface area contributed by atoms with Crippen molar-refractivity contribution in [1.82, 2.24) is 4.98 Å². The van der Waals surface area contributed by atoms with Crippen LogP contribution in [0.2, 0.25) is 5.15 Å². The third-order valence-corrected chi connectivity index (χ3v) is 2.63. The van der Waals surface area contributed by atoms with Gasteiger partial charge in [0.1, 0.15) is 5.15 Å². The van der Waals surface area contributed by atoms with Crippen LogP contribution >= 0.6 is 11.6 Å². The molecule has 0 amide bonds. The maximum Gasteiger partial charge on any atom is 0.129 e. The summed E-state index contributed by atoms with van der Waals surface area (Å²) in [5.74, 6) is 1.31. The molecule has 12 heavy (non-hydrogen) atoms. The van der Waals surface area contributed by atoms with Gasteiger partial charge in [0.25, 0.3) is 0 Å². The van der Waals surface area contributed by atoms with Gasteiger partial charge in [-0.25, -0.2) is 4.98 Å². The maximum absolute atomic E-state index is 5.67. The van der Waals surface area contributed by atoms with Gasteiger partial charge in [-0.15, -0.1) is 0 Å².